The molecule has 0 aliphatic carbocycles. The predicted molar refractivity (Wildman–Crippen MR) is 67.1 cm³/mol. The van der Waals surface area contributed by atoms with Crippen LogP contribution in [0.5, 0.6) is 0 Å². The number of thiocarbonyl (C=S) groups is 1. The molecule has 1 atom stereocenters. The highest BCUT2D eigenvalue weighted by Gasteiger charge is 2.47. The van der Waals surface area contributed by atoms with Gasteiger partial charge in [0.1, 0.15) is 0 Å². The summed E-state index contributed by atoms with van der Waals surface area (Å²) in [5.41, 5.74) is 5.37. The van der Waals surface area contributed by atoms with Crippen molar-refractivity contribution in [3.8, 4) is 0 Å². The largest absolute Gasteiger partial charge is 0.392 e. The van der Waals surface area contributed by atoms with Crippen LogP contribution in [0.1, 0.15) is 34.1 Å². The summed E-state index contributed by atoms with van der Waals surface area (Å²) in [5.74, 6) is 0. The van der Waals surface area contributed by atoms with E-state index in [4.69, 9.17) is 22.7 Å². The van der Waals surface area contributed by atoms with E-state index in [2.05, 4.69) is 39.6 Å². The molecule has 0 spiro atoms. The Labute approximate surface area is 98.0 Å². The Hall–Kier alpha value is -0.190. The summed E-state index contributed by atoms with van der Waals surface area (Å²) < 4.78 is 6.03. The molecule has 1 fully saturated rings. The molecule has 0 aromatic carbocycles. The Morgan fingerprint density at radius 1 is 1.47 bits per heavy atom. The molecule has 3 nitrogen and oxygen atoms in total. The maximum absolute atomic E-state index is 6.03. The molecule has 4 heteroatoms. The van der Waals surface area contributed by atoms with Crippen molar-refractivity contribution in [3.05, 3.63) is 0 Å². The van der Waals surface area contributed by atoms with Gasteiger partial charge in [-0.25, -0.2) is 0 Å². The van der Waals surface area contributed by atoms with Gasteiger partial charge >= 0.3 is 0 Å². The van der Waals surface area contributed by atoms with E-state index >= 15 is 0 Å². The van der Waals surface area contributed by atoms with E-state index in [1.165, 1.54) is 0 Å². The summed E-state index contributed by atoms with van der Waals surface area (Å²) >= 11 is 4.93. The molecular formula is C11H22N2OS. The smallest absolute Gasteiger partial charge is 0.0870 e. The van der Waals surface area contributed by atoms with E-state index in [0.717, 1.165) is 6.42 Å². The zero-order valence-electron chi connectivity index (χ0n) is 10.3. The fourth-order valence-electron chi connectivity index (χ4n) is 2.58. The third-order valence-corrected chi connectivity index (χ3v) is 3.09. The second kappa shape index (κ2) is 4.00. The number of nitrogens with two attached hydrogens (primary N) is 1. The van der Waals surface area contributed by atoms with Crippen LogP contribution in [0.25, 0.3) is 0 Å². The summed E-state index contributed by atoms with van der Waals surface area (Å²) in [6, 6.07) is 0.369. The van der Waals surface area contributed by atoms with Gasteiger partial charge in [-0.2, -0.15) is 0 Å². The Balaban J connectivity index is 2.73. The summed E-state index contributed by atoms with van der Waals surface area (Å²) in [6.45, 7) is 9.17. The van der Waals surface area contributed by atoms with Gasteiger partial charge in [-0.15, -0.1) is 0 Å². The number of hydrogen-bond acceptors (Lipinski definition) is 3. The molecule has 15 heavy (non-hydrogen) atoms. The van der Waals surface area contributed by atoms with Crippen molar-refractivity contribution < 1.29 is 4.74 Å². The first kappa shape index (κ1) is 12.9. The molecular weight excluding hydrogens is 208 g/mol. The van der Waals surface area contributed by atoms with Gasteiger partial charge in [-0.1, -0.05) is 12.2 Å². The zero-order chi connectivity index (χ0) is 11.9. The molecule has 0 radical (unpaired) electrons. The van der Waals surface area contributed by atoms with Crippen LogP contribution in [-0.4, -0.2) is 40.7 Å². The topological polar surface area (TPSA) is 38.5 Å². The van der Waals surface area contributed by atoms with E-state index in [9.17, 15) is 0 Å². The minimum absolute atomic E-state index is 0.0569. The highest BCUT2D eigenvalue weighted by Crippen LogP contribution is 2.39. The van der Waals surface area contributed by atoms with Crippen molar-refractivity contribution in [1.29, 1.82) is 0 Å². The first-order chi connectivity index (χ1) is 6.64. The van der Waals surface area contributed by atoms with Crippen LogP contribution in [-0.2, 0) is 4.74 Å². The SMILES string of the molecule is CN(CC(N)=S)C1CC(C)(C)OC1(C)C. The molecule has 0 aromatic heterocycles. The third-order valence-electron chi connectivity index (χ3n) is 2.96. The van der Waals surface area contributed by atoms with Crippen molar-refractivity contribution in [1.82, 2.24) is 4.90 Å². The maximum atomic E-state index is 6.03. The fourth-order valence-corrected chi connectivity index (χ4v) is 2.78. The molecule has 1 rings (SSSR count). The summed E-state index contributed by atoms with van der Waals surface area (Å²) in [5, 5.41) is 0. The van der Waals surface area contributed by atoms with E-state index in [1.54, 1.807) is 0 Å². The molecule has 0 aromatic rings. The number of ether oxygens (including phenoxy) is 1. The van der Waals surface area contributed by atoms with Gasteiger partial charge in [0.05, 0.1) is 16.2 Å². The van der Waals surface area contributed by atoms with E-state index in [1.807, 2.05) is 0 Å². The van der Waals surface area contributed by atoms with Crippen LogP contribution in [0.4, 0.5) is 0 Å². The highest BCUT2D eigenvalue weighted by molar-refractivity contribution is 7.80. The Bertz CT molecular complexity index is 263. The molecule has 1 unspecified atom stereocenters. The van der Waals surface area contributed by atoms with Crippen molar-refractivity contribution in [2.24, 2.45) is 5.73 Å². The average molecular weight is 230 g/mol. The van der Waals surface area contributed by atoms with Crippen molar-refractivity contribution in [2.75, 3.05) is 13.6 Å². The monoisotopic (exact) mass is 230 g/mol. The highest BCUT2D eigenvalue weighted by atomic mass is 32.1. The quantitative estimate of drug-likeness (QED) is 0.747. The van der Waals surface area contributed by atoms with Gasteiger partial charge in [-0.3, -0.25) is 4.90 Å². The lowest BCUT2D eigenvalue weighted by molar-refractivity contribution is -0.0776. The second-order valence-corrected chi connectivity index (χ2v) is 6.09. The van der Waals surface area contributed by atoms with Crippen LogP contribution >= 0.6 is 12.2 Å². The van der Waals surface area contributed by atoms with Gasteiger partial charge in [0.2, 0.25) is 0 Å². The molecule has 0 saturated carbocycles. The number of nitrogens with zero attached hydrogens (tertiary/aromatic N) is 1. The normalized spacial score (nSPS) is 28.3. The summed E-state index contributed by atoms with van der Waals surface area (Å²) in [4.78, 5) is 2.73. The molecule has 0 bridgehead atoms. The Kier molecular flexibility index (Phi) is 3.43. The molecule has 2 N–H and O–H groups in total. The van der Waals surface area contributed by atoms with E-state index in [0.29, 0.717) is 17.6 Å². The van der Waals surface area contributed by atoms with Crippen molar-refractivity contribution in [3.63, 3.8) is 0 Å². The molecule has 1 saturated heterocycles. The lowest BCUT2D eigenvalue weighted by Gasteiger charge is -2.33. The minimum Gasteiger partial charge on any atom is -0.392 e. The average Bonchev–Trinajstić information content (AvgIpc) is 2.17. The number of rotatable bonds is 3. The van der Waals surface area contributed by atoms with Gasteiger partial charge < -0.3 is 10.5 Å². The number of likely N-dealkylation sites (N-methyl/N-ethyl adjacent to an activating group) is 1. The lowest BCUT2D eigenvalue weighted by Crippen LogP contribution is -2.47. The van der Waals surface area contributed by atoms with E-state index in [-0.39, 0.29) is 11.2 Å². The van der Waals surface area contributed by atoms with E-state index < -0.39 is 0 Å². The first-order valence-electron chi connectivity index (χ1n) is 5.33. The lowest BCUT2D eigenvalue weighted by atomic mass is 9.93. The molecule has 88 valence electrons. The molecule has 1 aliphatic heterocycles. The second-order valence-electron chi connectivity index (χ2n) is 5.57. The Morgan fingerprint density at radius 2 is 2.00 bits per heavy atom. The van der Waals surface area contributed by atoms with Crippen LogP contribution in [0.3, 0.4) is 0 Å². The Morgan fingerprint density at radius 3 is 2.33 bits per heavy atom. The summed E-state index contributed by atoms with van der Waals surface area (Å²) in [7, 11) is 2.05. The van der Waals surface area contributed by atoms with Crippen LogP contribution in [0.2, 0.25) is 0 Å². The molecule has 1 aliphatic rings. The van der Waals surface area contributed by atoms with Gasteiger partial charge in [0.15, 0.2) is 0 Å². The third kappa shape index (κ3) is 3.13. The van der Waals surface area contributed by atoms with Gasteiger partial charge in [-0.05, 0) is 41.2 Å². The fraction of sp³-hybridized carbons (Fsp3) is 0.909. The first-order valence-corrected chi connectivity index (χ1v) is 5.73. The zero-order valence-corrected chi connectivity index (χ0v) is 11.1. The summed E-state index contributed by atoms with van der Waals surface area (Å²) in [6.07, 6.45) is 1.01. The standard InChI is InChI=1S/C11H22N2OS/c1-10(2)6-8(11(3,4)14-10)13(5)7-9(12)15/h8H,6-7H2,1-5H3,(H2,12,15). The maximum Gasteiger partial charge on any atom is 0.0870 e. The van der Waals surface area contributed by atoms with Gasteiger partial charge in [0.25, 0.3) is 0 Å². The molecule has 1 heterocycles. The van der Waals surface area contributed by atoms with Crippen LogP contribution < -0.4 is 5.73 Å². The van der Waals surface area contributed by atoms with Gasteiger partial charge in [0, 0.05) is 12.6 Å². The number of hydrogen-bond donors (Lipinski definition) is 1. The molecule has 0 amide bonds. The predicted octanol–water partition coefficient (Wildman–Crippen LogP) is 1.55. The minimum atomic E-state index is -0.136. The van der Waals surface area contributed by atoms with Crippen LogP contribution in [0.15, 0.2) is 0 Å². The van der Waals surface area contributed by atoms with Crippen molar-refractivity contribution in [2.45, 2.75) is 51.4 Å². The van der Waals surface area contributed by atoms with Crippen LogP contribution in [0, 0.1) is 0 Å². The van der Waals surface area contributed by atoms with Crippen molar-refractivity contribution >= 4 is 17.2 Å².